The number of amides is 2. The molecule has 0 radical (unpaired) electrons. The third-order valence-corrected chi connectivity index (χ3v) is 6.00. The van der Waals surface area contributed by atoms with Gasteiger partial charge in [0.2, 0.25) is 0 Å². The SMILES string of the molecule is CC(C)c1nc(CN(C)C(=O)N[C@@H](Cc2cn(C)c3ccccc23)C(=O)O)cs1. The van der Waals surface area contributed by atoms with Crippen LogP contribution in [0.15, 0.2) is 35.8 Å². The number of fused-ring (bicyclic) bond motifs is 1. The molecule has 1 aromatic carbocycles. The van der Waals surface area contributed by atoms with Gasteiger partial charge in [0.1, 0.15) is 6.04 Å². The van der Waals surface area contributed by atoms with Gasteiger partial charge in [-0.3, -0.25) is 0 Å². The number of aryl methyl sites for hydroxylation is 1. The van der Waals surface area contributed by atoms with E-state index in [0.717, 1.165) is 27.2 Å². The van der Waals surface area contributed by atoms with Crippen molar-refractivity contribution in [3.05, 3.63) is 52.1 Å². The first-order valence-corrected chi connectivity index (χ1v) is 10.4. The van der Waals surface area contributed by atoms with Gasteiger partial charge >= 0.3 is 12.0 Å². The molecule has 2 N–H and O–H groups in total. The lowest BCUT2D eigenvalue weighted by atomic mass is 10.1. The van der Waals surface area contributed by atoms with Crippen molar-refractivity contribution in [3.8, 4) is 0 Å². The molecular weight excluding hydrogens is 388 g/mol. The van der Waals surface area contributed by atoms with Crippen molar-refractivity contribution in [2.45, 2.75) is 38.8 Å². The summed E-state index contributed by atoms with van der Waals surface area (Å²) in [5.41, 5.74) is 2.72. The first-order chi connectivity index (χ1) is 13.8. The van der Waals surface area contributed by atoms with Crippen LogP contribution >= 0.6 is 11.3 Å². The standard InChI is InChI=1S/C21H26N4O3S/c1-13(2)19-22-15(12-29-19)11-25(4)21(28)23-17(20(26)27)9-14-10-24(3)18-8-6-5-7-16(14)18/h5-8,10,12-13,17H,9,11H2,1-4H3,(H,23,28)(H,26,27)/t17-/m0/s1. The van der Waals surface area contributed by atoms with Gasteiger partial charge in [-0.15, -0.1) is 11.3 Å². The van der Waals surface area contributed by atoms with Crippen molar-refractivity contribution in [1.29, 1.82) is 0 Å². The molecule has 0 aliphatic carbocycles. The molecule has 0 spiro atoms. The van der Waals surface area contributed by atoms with E-state index in [0.29, 0.717) is 12.5 Å². The zero-order valence-electron chi connectivity index (χ0n) is 17.0. The molecule has 0 unspecified atom stereocenters. The molecule has 0 bridgehead atoms. The van der Waals surface area contributed by atoms with Crippen molar-refractivity contribution in [3.63, 3.8) is 0 Å². The summed E-state index contributed by atoms with van der Waals surface area (Å²) in [6.07, 6.45) is 2.13. The van der Waals surface area contributed by atoms with Crippen molar-refractivity contribution < 1.29 is 14.7 Å². The van der Waals surface area contributed by atoms with E-state index in [4.69, 9.17) is 0 Å². The number of carbonyl (C=O) groups excluding carboxylic acids is 1. The minimum atomic E-state index is -1.06. The summed E-state index contributed by atoms with van der Waals surface area (Å²) in [5, 5.41) is 16.2. The lowest BCUT2D eigenvalue weighted by molar-refractivity contribution is -0.139. The Balaban J connectivity index is 1.69. The molecule has 1 atom stereocenters. The molecule has 8 heteroatoms. The quantitative estimate of drug-likeness (QED) is 0.618. The number of hydrogen-bond donors (Lipinski definition) is 2. The lowest BCUT2D eigenvalue weighted by Gasteiger charge is -2.20. The van der Waals surface area contributed by atoms with Gasteiger partial charge in [-0.25, -0.2) is 14.6 Å². The van der Waals surface area contributed by atoms with Gasteiger partial charge in [0, 0.05) is 48.9 Å². The second-order valence-electron chi connectivity index (χ2n) is 7.51. The summed E-state index contributed by atoms with van der Waals surface area (Å²) in [4.78, 5) is 30.4. The van der Waals surface area contributed by atoms with Crippen LogP contribution in [0.4, 0.5) is 4.79 Å². The molecule has 3 rings (SSSR count). The molecule has 0 fully saturated rings. The normalized spacial score (nSPS) is 12.3. The van der Waals surface area contributed by atoms with Gasteiger partial charge in [-0.05, 0) is 11.6 Å². The van der Waals surface area contributed by atoms with E-state index >= 15 is 0 Å². The Morgan fingerprint density at radius 2 is 2.03 bits per heavy atom. The summed E-state index contributed by atoms with van der Waals surface area (Å²) < 4.78 is 1.96. The number of nitrogens with zero attached hydrogens (tertiary/aromatic N) is 3. The van der Waals surface area contributed by atoms with Gasteiger partial charge in [0.25, 0.3) is 0 Å². The molecule has 154 valence electrons. The number of para-hydroxylation sites is 1. The van der Waals surface area contributed by atoms with Crippen molar-refractivity contribution >= 4 is 34.2 Å². The summed E-state index contributed by atoms with van der Waals surface area (Å²) in [6, 6.07) is 6.37. The number of rotatable bonds is 7. The Hall–Kier alpha value is -2.87. The average Bonchev–Trinajstić information content (AvgIpc) is 3.26. The molecule has 0 aliphatic rings. The predicted octanol–water partition coefficient (Wildman–Crippen LogP) is 3.60. The highest BCUT2D eigenvalue weighted by molar-refractivity contribution is 7.09. The summed E-state index contributed by atoms with van der Waals surface area (Å²) >= 11 is 1.57. The number of aromatic nitrogens is 2. The smallest absolute Gasteiger partial charge is 0.326 e. The van der Waals surface area contributed by atoms with Crippen LogP contribution in [0.2, 0.25) is 0 Å². The first-order valence-electron chi connectivity index (χ1n) is 9.48. The molecule has 0 saturated heterocycles. The molecule has 0 saturated carbocycles. The van der Waals surface area contributed by atoms with E-state index in [1.807, 2.05) is 47.5 Å². The van der Waals surface area contributed by atoms with Crippen molar-refractivity contribution in [2.75, 3.05) is 7.05 Å². The van der Waals surface area contributed by atoms with Crippen LogP contribution < -0.4 is 5.32 Å². The summed E-state index contributed by atoms with van der Waals surface area (Å²) in [7, 11) is 3.56. The number of hydrogen-bond acceptors (Lipinski definition) is 4. The van der Waals surface area contributed by atoms with Crippen molar-refractivity contribution in [2.24, 2.45) is 7.05 Å². The van der Waals surface area contributed by atoms with E-state index in [-0.39, 0.29) is 6.42 Å². The fraction of sp³-hybridized carbons (Fsp3) is 0.381. The summed E-state index contributed by atoms with van der Waals surface area (Å²) in [6.45, 7) is 4.48. The lowest BCUT2D eigenvalue weighted by Crippen LogP contribution is -2.47. The van der Waals surface area contributed by atoms with Crippen LogP contribution in [0.5, 0.6) is 0 Å². The molecule has 3 aromatic rings. The van der Waals surface area contributed by atoms with Gasteiger partial charge in [-0.2, -0.15) is 0 Å². The fourth-order valence-electron chi connectivity index (χ4n) is 3.24. The maximum Gasteiger partial charge on any atom is 0.326 e. The monoisotopic (exact) mass is 414 g/mol. The largest absolute Gasteiger partial charge is 0.480 e. The van der Waals surface area contributed by atoms with Gasteiger partial charge < -0.3 is 19.9 Å². The highest BCUT2D eigenvalue weighted by Gasteiger charge is 2.24. The van der Waals surface area contributed by atoms with Crippen LogP contribution in [0.25, 0.3) is 10.9 Å². The number of carboxylic acids is 1. The Labute approximate surface area is 174 Å². The minimum Gasteiger partial charge on any atom is -0.480 e. The van der Waals surface area contributed by atoms with E-state index in [9.17, 15) is 14.7 Å². The number of carbonyl (C=O) groups is 2. The predicted molar refractivity (Wildman–Crippen MR) is 114 cm³/mol. The van der Waals surface area contributed by atoms with Crippen LogP contribution in [0, 0.1) is 0 Å². The Bertz CT molecular complexity index is 1020. The van der Waals surface area contributed by atoms with Gasteiger partial charge in [-0.1, -0.05) is 32.0 Å². The number of nitrogens with one attached hydrogen (secondary N) is 1. The maximum absolute atomic E-state index is 12.6. The summed E-state index contributed by atoms with van der Waals surface area (Å²) in [5.74, 6) is -0.722. The van der Waals surface area contributed by atoms with E-state index in [1.54, 1.807) is 18.4 Å². The average molecular weight is 415 g/mol. The molecule has 29 heavy (non-hydrogen) atoms. The van der Waals surface area contributed by atoms with Crippen LogP contribution in [0.3, 0.4) is 0 Å². The second kappa shape index (κ2) is 8.65. The third kappa shape index (κ3) is 4.76. The molecule has 2 aromatic heterocycles. The number of aliphatic carboxylic acids is 1. The molecule has 0 aliphatic heterocycles. The number of benzene rings is 1. The Morgan fingerprint density at radius 3 is 2.69 bits per heavy atom. The fourth-order valence-corrected chi connectivity index (χ4v) is 4.07. The third-order valence-electron chi connectivity index (χ3n) is 4.81. The molecule has 2 heterocycles. The van der Waals surface area contributed by atoms with E-state index < -0.39 is 18.0 Å². The molecule has 7 nitrogen and oxygen atoms in total. The molecule has 2 amide bonds. The number of carboxylic acid groups (broad SMARTS) is 1. The zero-order chi connectivity index (χ0) is 21.1. The van der Waals surface area contributed by atoms with Crippen molar-refractivity contribution in [1.82, 2.24) is 19.8 Å². The second-order valence-corrected chi connectivity index (χ2v) is 8.40. The highest BCUT2D eigenvalue weighted by atomic mass is 32.1. The van der Waals surface area contributed by atoms with E-state index in [1.165, 1.54) is 4.90 Å². The van der Waals surface area contributed by atoms with E-state index in [2.05, 4.69) is 24.1 Å². The Kier molecular flexibility index (Phi) is 6.22. The Morgan fingerprint density at radius 1 is 1.31 bits per heavy atom. The maximum atomic E-state index is 12.6. The van der Waals surface area contributed by atoms with Crippen LogP contribution in [-0.2, 0) is 24.8 Å². The topological polar surface area (TPSA) is 87.5 Å². The van der Waals surface area contributed by atoms with Crippen LogP contribution in [-0.4, -0.2) is 44.6 Å². The molecular formula is C21H26N4O3S. The minimum absolute atomic E-state index is 0.213. The van der Waals surface area contributed by atoms with Crippen LogP contribution in [0.1, 0.15) is 36.0 Å². The van der Waals surface area contributed by atoms with Gasteiger partial charge in [0.05, 0.1) is 17.2 Å². The number of urea groups is 1. The zero-order valence-corrected chi connectivity index (χ0v) is 17.9. The first kappa shape index (κ1) is 20.9. The van der Waals surface area contributed by atoms with Gasteiger partial charge in [0.15, 0.2) is 0 Å². The number of thiazole rings is 1. The highest BCUT2D eigenvalue weighted by Crippen LogP contribution is 2.22.